The summed E-state index contributed by atoms with van der Waals surface area (Å²) in [7, 11) is 0. The Bertz CT molecular complexity index is 973. The molecule has 15 heteroatoms. The van der Waals surface area contributed by atoms with Crippen LogP contribution >= 0.6 is 0 Å². The summed E-state index contributed by atoms with van der Waals surface area (Å²) in [5, 5.41) is 16.8. The SMILES string of the molecule is CC[C@H](C)[C@H](NC(=O)[C@@H]1CCCN1C(=O)[C@H](CC(C)C)NC(=O)[C@@H](N)CC(N)=O)C(=O)N[C@@H](CC(N)=O)C(=O)O. The van der Waals surface area contributed by atoms with Gasteiger partial charge in [-0.15, -0.1) is 0 Å². The first-order valence-electron chi connectivity index (χ1n) is 13.3. The molecule has 0 aromatic carbocycles. The maximum Gasteiger partial charge on any atom is 0.326 e. The second-order valence-corrected chi connectivity index (χ2v) is 10.6. The van der Waals surface area contributed by atoms with Gasteiger partial charge in [-0.3, -0.25) is 28.8 Å². The van der Waals surface area contributed by atoms with Gasteiger partial charge in [-0.05, 0) is 31.1 Å². The standard InChI is InChI=1S/C25H43N7O8/c1-5-13(4)20(23(37)30-16(25(39)40)11-19(28)34)31-22(36)17-7-6-8-32(17)24(38)15(9-12(2)3)29-21(35)14(26)10-18(27)33/h12-17,20H,5-11,26H2,1-4H3,(H2,27,33)(H2,28,34)(H,29,35)(H,30,37)(H,31,36)(H,39,40)/t13-,14-,15-,16-,17-,20-/m0/s1. The second-order valence-electron chi connectivity index (χ2n) is 10.6. The van der Waals surface area contributed by atoms with Crippen molar-refractivity contribution in [3.63, 3.8) is 0 Å². The van der Waals surface area contributed by atoms with E-state index >= 15 is 0 Å². The van der Waals surface area contributed by atoms with Gasteiger partial charge in [0, 0.05) is 6.54 Å². The van der Waals surface area contributed by atoms with E-state index in [2.05, 4.69) is 16.0 Å². The van der Waals surface area contributed by atoms with Crippen molar-refractivity contribution in [3.05, 3.63) is 0 Å². The molecule has 1 aliphatic rings. The first kappa shape index (κ1) is 34.3. The molecular weight excluding hydrogens is 526 g/mol. The van der Waals surface area contributed by atoms with Crippen molar-refractivity contribution in [3.8, 4) is 0 Å². The molecule has 0 spiro atoms. The van der Waals surface area contributed by atoms with Gasteiger partial charge in [-0.1, -0.05) is 34.1 Å². The van der Waals surface area contributed by atoms with Crippen LogP contribution in [-0.4, -0.2) is 88.2 Å². The smallest absolute Gasteiger partial charge is 0.326 e. The molecule has 1 heterocycles. The lowest BCUT2D eigenvalue weighted by molar-refractivity contribution is -0.145. The minimum Gasteiger partial charge on any atom is -0.480 e. The molecule has 0 aromatic rings. The Morgan fingerprint density at radius 1 is 0.900 bits per heavy atom. The molecule has 40 heavy (non-hydrogen) atoms. The van der Waals surface area contributed by atoms with Crippen LogP contribution in [0.4, 0.5) is 0 Å². The van der Waals surface area contributed by atoms with E-state index in [0.29, 0.717) is 19.3 Å². The summed E-state index contributed by atoms with van der Waals surface area (Å²) in [5.41, 5.74) is 15.9. The number of primary amides is 2. The van der Waals surface area contributed by atoms with Crippen molar-refractivity contribution in [2.75, 3.05) is 6.54 Å². The fraction of sp³-hybridized carbons (Fsp3) is 0.720. The van der Waals surface area contributed by atoms with Gasteiger partial charge in [0.25, 0.3) is 0 Å². The van der Waals surface area contributed by atoms with Crippen LogP contribution in [-0.2, 0) is 33.6 Å². The van der Waals surface area contributed by atoms with Crippen molar-refractivity contribution < 1.29 is 38.7 Å². The highest BCUT2D eigenvalue weighted by atomic mass is 16.4. The number of carbonyl (C=O) groups is 7. The van der Waals surface area contributed by atoms with Crippen molar-refractivity contribution >= 4 is 41.4 Å². The van der Waals surface area contributed by atoms with Crippen LogP contribution in [0.2, 0.25) is 0 Å². The molecule has 0 aromatic heterocycles. The summed E-state index contributed by atoms with van der Waals surface area (Å²) in [6.07, 6.45) is 0.465. The van der Waals surface area contributed by atoms with Crippen LogP contribution in [0.5, 0.6) is 0 Å². The minimum atomic E-state index is -1.57. The normalized spacial score (nSPS) is 18.6. The van der Waals surface area contributed by atoms with Crippen LogP contribution in [0.3, 0.4) is 0 Å². The molecule has 15 nitrogen and oxygen atoms in total. The number of nitrogens with two attached hydrogens (primary N) is 3. The fourth-order valence-electron chi connectivity index (χ4n) is 4.40. The van der Waals surface area contributed by atoms with E-state index in [1.165, 1.54) is 4.90 Å². The minimum absolute atomic E-state index is 0.0161. The summed E-state index contributed by atoms with van der Waals surface area (Å²) < 4.78 is 0. The molecule has 226 valence electrons. The average Bonchev–Trinajstić information content (AvgIpc) is 3.34. The molecule has 0 bridgehead atoms. The van der Waals surface area contributed by atoms with E-state index in [1.54, 1.807) is 13.8 Å². The first-order valence-corrected chi connectivity index (χ1v) is 13.3. The Morgan fingerprint density at radius 3 is 1.98 bits per heavy atom. The highest BCUT2D eigenvalue weighted by molar-refractivity contribution is 5.96. The molecule has 0 unspecified atom stereocenters. The Hall–Kier alpha value is -3.75. The summed E-state index contributed by atoms with van der Waals surface area (Å²) in [5.74, 6) is -6.24. The quantitative estimate of drug-likeness (QED) is 0.105. The Kier molecular flexibility index (Phi) is 13.5. The number of nitrogens with zero attached hydrogens (tertiary/aromatic N) is 1. The summed E-state index contributed by atoms with van der Waals surface area (Å²) >= 11 is 0. The molecule has 0 radical (unpaired) electrons. The van der Waals surface area contributed by atoms with Crippen molar-refractivity contribution in [1.82, 2.24) is 20.9 Å². The van der Waals surface area contributed by atoms with Crippen LogP contribution in [0.15, 0.2) is 0 Å². The van der Waals surface area contributed by atoms with E-state index in [-0.39, 0.29) is 18.9 Å². The van der Waals surface area contributed by atoms with Crippen LogP contribution in [0.25, 0.3) is 0 Å². The number of nitrogens with one attached hydrogen (secondary N) is 3. The van der Waals surface area contributed by atoms with Gasteiger partial charge in [0.15, 0.2) is 0 Å². The van der Waals surface area contributed by atoms with E-state index in [1.807, 2.05) is 13.8 Å². The number of aliphatic carboxylic acids is 1. The van der Waals surface area contributed by atoms with Gasteiger partial charge in [-0.2, -0.15) is 0 Å². The van der Waals surface area contributed by atoms with Crippen molar-refractivity contribution in [2.45, 2.75) is 96.4 Å². The number of hydrogen-bond acceptors (Lipinski definition) is 8. The molecule has 1 saturated heterocycles. The van der Waals surface area contributed by atoms with E-state index < -0.39 is 90.4 Å². The van der Waals surface area contributed by atoms with E-state index in [4.69, 9.17) is 17.2 Å². The van der Waals surface area contributed by atoms with Crippen LogP contribution < -0.4 is 33.2 Å². The molecule has 10 N–H and O–H groups in total. The predicted molar refractivity (Wildman–Crippen MR) is 143 cm³/mol. The first-order chi connectivity index (χ1) is 18.6. The zero-order valence-electron chi connectivity index (χ0n) is 23.5. The zero-order valence-corrected chi connectivity index (χ0v) is 23.5. The van der Waals surface area contributed by atoms with Gasteiger partial charge in [0.05, 0.1) is 18.9 Å². The van der Waals surface area contributed by atoms with Crippen molar-refractivity contribution in [1.29, 1.82) is 0 Å². The lowest BCUT2D eigenvalue weighted by Crippen LogP contribution is -2.59. The molecule has 1 fully saturated rings. The number of rotatable bonds is 16. The Labute approximate surface area is 233 Å². The topological polar surface area (TPSA) is 257 Å². The fourth-order valence-corrected chi connectivity index (χ4v) is 4.40. The molecule has 1 aliphatic heterocycles. The Morgan fingerprint density at radius 2 is 1.48 bits per heavy atom. The third-order valence-corrected chi connectivity index (χ3v) is 6.73. The maximum atomic E-state index is 13.5. The molecule has 0 saturated carbocycles. The van der Waals surface area contributed by atoms with Gasteiger partial charge in [0.2, 0.25) is 35.4 Å². The molecule has 6 atom stereocenters. The van der Waals surface area contributed by atoms with Crippen LogP contribution in [0, 0.1) is 11.8 Å². The number of carbonyl (C=O) groups excluding carboxylic acids is 6. The lowest BCUT2D eigenvalue weighted by atomic mass is 9.97. The highest BCUT2D eigenvalue weighted by Gasteiger charge is 2.40. The zero-order chi connectivity index (χ0) is 30.7. The maximum absolute atomic E-state index is 13.5. The third kappa shape index (κ3) is 10.4. The van der Waals surface area contributed by atoms with Crippen LogP contribution in [0.1, 0.15) is 66.2 Å². The number of likely N-dealkylation sites (tertiary alicyclic amines) is 1. The molecule has 0 aliphatic carbocycles. The molecule has 6 amide bonds. The number of hydrogen-bond donors (Lipinski definition) is 7. The summed E-state index contributed by atoms with van der Waals surface area (Å²) in [4.78, 5) is 87.6. The van der Waals surface area contributed by atoms with Gasteiger partial charge >= 0.3 is 5.97 Å². The number of amides is 6. The van der Waals surface area contributed by atoms with E-state index in [9.17, 15) is 38.7 Å². The number of carboxylic acid groups (broad SMARTS) is 1. The number of carboxylic acids is 1. The monoisotopic (exact) mass is 569 g/mol. The summed E-state index contributed by atoms with van der Waals surface area (Å²) in [6.45, 7) is 7.40. The second kappa shape index (κ2) is 15.7. The molecule has 1 rings (SSSR count). The van der Waals surface area contributed by atoms with Gasteiger partial charge in [0.1, 0.15) is 24.2 Å². The van der Waals surface area contributed by atoms with Gasteiger partial charge in [-0.25, -0.2) is 4.79 Å². The predicted octanol–water partition coefficient (Wildman–Crippen LogP) is -2.31. The van der Waals surface area contributed by atoms with E-state index in [0.717, 1.165) is 0 Å². The third-order valence-electron chi connectivity index (χ3n) is 6.73. The largest absolute Gasteiger partial charge is 0.480 e. The Balaban J connectivity index is 3.10. The lowest BCUT2D eigenvalue weighted by Gasteiger charge is -2.32. The van der Waals surface area contributed by atoms with Gasteiger partial charge < -0.3 is 43.2 Å². The molecular formula is C25H43N7O8. The average molecular weight is 570 g/mol. The summed E-state index contributed by atoms with van der Waals surface area (Å²) in [6, 6.07) is -5.92. The highest BCUT2D eigenvalue weighted by Crippen LogP contribution is 2.21. The van der Waals surface area contributed by atoms with Crippen molar-refractivity contribution in [2.24, 2.45) is 29.0 Å².